The molecule has 0 spiro atoms. The highest BCUT2D eigenvalue weighted by Crippen LogP contribution is 2.47. The fraction of sp³-hybridized carbons (Fsp3) is 0.364. The largest absolute Gasteiger partial charge is 0.550 e. The van der Waals surface area contributed by atoms with Crippen molar-refractivity contribution in [3.05, 3.63) is 35.9 Å². The number of carboxylic acids is 1. The number of aliphatic carboxylic acids is 1. The van der Waals surface area contributed by atoms with Crippen LogP contribution in [0.5, 0.6) is 0 Å². The Morgan fingerprint density at radius 1 is 1.31 bits per heavy atom. The Morgan fingerprint density at radius 3 is 2.38 bits per heavy atom. The van der Waals surface area contributed by atoms with Crippen LogP contribution in [0.15, 0.2) is 30.3 Å². The van der Waals surface area contributed by atoms with Gasteiger partial charge < -0.3 is 9.90 Å². The van der Waals surface area contributed by atoms with Crippen LogP contribution in [-0.2, 0) is 11.2 Å². The average Bonchev–Trinajstić information content (AvgIpc) is 2.87. The maximum Gasteiger partial charge on any atom is 0.0479 e. The van der Waals surface area contributed by atoms with E-state index < -0.39 is 11.4 Å². The van der Waals surface area contributed by atoms with E-state index in [-0.39, 0.29) is 0 Å². The lowest BCUT2D eigenvalue weighted by atomic mass is 9.97. The van der Waals surface area contributed by atoms with Gasteiger partial charge in [-0.3, -0.25) is 0 Å². The van der Waals surface area contributed by atoms with Crippen LogP contribution in [0.2, 0.25) is 0 Å². The van der Waals surface area contributed by atoms with Crippen molar-refractivity contribution in [1.82, 2.24) is 0 Å². The Bertz CT molecular complexity index is 312. The zero-order chi connectivity index (χ0) is 9.31. The molecule has 0 bridgehead atoms. The Morgan fingerprint density at radius 2 is 1.92 bits per heavy atom. The third-order valence-electron chi connectivity index (χ3n) is 2.67. The van der Waals surface area contributed by atoms with E-state index in [2.05, 4.69) is 0 Å². The van der Waals surface area contributed by atoms with Crippen molar-refractivity contribution >= 4 is 5.97 Å². The average molecular weight is 175 g/mol. The smallest absolute Gasteiger partial charge is 0.0479 e. The van der Waals surface area contributed by atoms with Crippen LogP contribution in [0, 0.1) is 5.41 Å². The van der Waals surface area contributed by atoms with Gasteiger partial charge in [-0.05, 0) is 24.8 Å². The normalized spacial score (nSPS) is 18.2. The lowest BCUT2D eigenvalue weighted by Gasteiger charge is -2.15. The van der Waals surface area contributed by atoms with Gasteiger partial charge in [0.1, 0.15) is 0 Å². The summed E-state index contributed by atoms with van der Waals surface area (Å²) in [5, 5.41) is 10.8. The molecule has 68 valence electrons. The fourth-order valence-electron chi connectivity index (χ4n) is 1.59. The molecule has 0 unspecified atom stereocenters. The highest BCUT2D eigenvalue weighted by Gasteiger charge is 2.43. The monoisotopic (exact) mass is 175 g/mol. The van der Waals surface area contributed by atoms with E-state index in [0.717, 1.165) is 18.4 Å². The van der Waals surface area contributed by atoms with Crippen molar-refractivity contribution in [2.75, 3.05) is 0 Å². The minimum atomic E-state index is -0.892. The molecular formula is C11H11O2-. The summed E-state index contributed by atoms with van der Waals surface area (Å²) in [7, 11) is 0. The van der Waals surface area contributed by atoms with E-state index in [1.807, 2.05) is 30.3 Å². The van der Waals surface area contributed by atoms with Crippen LogP contribution in [0.4, 0.5) is 0 Å². The Hall–Kier alpha value is -1.31. The molecule has 0 atom stereocenters. The quantitative estimate of drug-likeness (QED) is 0.680. The van der Waals surface area contributed by atoms with Crippen molar-refractivity contribution < 1.29 is 9.90 Å². The molecule has 2 nitrogen and oxygen atoms in total. The highest BCUT2D eigenvalue weighted by molar-refractivity contribution is 5.76. The summed E-state index contributed by atoms with van der Waals surface area (Å²) in [4.78, 5) is 10.8. The molecule has 0 aromatic heterocycles. The lowest BCUT2D eigenvalue weighted by Crippen LogP contribution is -2.34. The van der Waals surface area contributed by atoms with Crippen molar-refractivity contribution in [1.29, 1.82) is 0 Å². The number of hydrogen-bond donors (Lipinski definition) is 0. The molecule has 1 aliphatic rings. The number of carbonyl (C=O) groups is 1. The van der Waals surface area contributed by atoms with Crippen molar-refractivity contribution in [3.8, 4) is 0 Å². The Balaban J connectivity index is 2.11. The first-order valence-corrected chi connectivity index (χ1v) is 4.48. The molecule has 1 aliphatic carbocycles. The van der Waals surface area contributed by atoms with Gasteiger partial charge in [0, 0.05) is 11.4 Å². The van der Waals surface area contributed by atoms with Gasteiger partial charge in [0.05, 0.1) is 0 Å². The van der Waals surface area contributed by atoms with Crippen LogP contribution < -0.4 is 5.11 Å². The SMILES string of the molecule is O=C([O-])C1(Cc2ccccc2)CC1. The molecule has 1 aromatic carbocycles. The van der Waals surface area contributed by atoms with Gasteiger partial charge in [-0.25, -0.2) is 0 Å². The minimum Gasteiger partial charge on any atom is -0.550 e. The van der Waals surface area contributed by atoms with E-state index in [9.17, 15) is 9.90 Å². The second-order valence-electron chi connectivity index (χ2n) is 3.73. The van der Waals surface area contributed by atoms with Crippen LogP contribution in [0.1, 0.15) is 18.4 Å². The molecule has 2 heteroatoms. The molecule has 0 amide bonds. The summed E-state index contributed by atoms with van der Waals surface area (Å²) in [6.07, 6.45) is 2.16. The molecule has 13 heavy (non-hydrogen) atoms. The molecule has 0 radical (unpaired) electrons. The van der Waals surface area contributed by atoms with E-state index >= 15 is 0 Å². The molecule has 0 heterocycles. The molecule has 1 aromatic rings. The summed E-state index contributed by atoms with van der Waals surface area (Å²) >= 11 is 0. The van der Waals surface area contributed by atoms with E-state index in [1.165, 1.54) is 0 Å². The maximum atomic E-state index is 10.8. The first-order valence-electron chi connectivity index (χ1n) is 4.48. The Labute approximate surface area is 77.2 Å². The first kappa shape index (κ1) is 8.30. The summed E-state index contributed by atoms with van der Waals surface area (Å²) in [5.74, 6) is -0.892. The van der Waals surface area contributed by atoms with Crippen molar-refractivity contribution in [3.63, 3.8) is 0 Å². The number of hydrogen-bond acceptors (Lipinski definition) is 2. The highest BCUT2D eigenvalue weighted by atomic mass is 16.4. The lowest BCUT2D eigenvalue weighted by molar-refractivity contribution is -0.313. The van der Waals surface area contributed by atoms with Gasteiger partial charge in [-0.1, -0.05) is 30.3 Å². The minimum absolute atomic E-state index is 0.540. The van der Waals surface area contributed by atoms with Gasteiger partial charge >= 0.3 is 0 Å². The number of rotatable bonds is 3. The summed E-state index contributed by atoms with van der Waals surface area (Å²) in [5.41, 5.74) is 0.547. The third kappa shape index (κ3) is 1.57. The zero-order valence-corrected chi connectivity index (χ0v) is 7.32. The van der Waals surface area contributed by atoms with Gasteiger partial charge in [0.15, 0.2) is 0 Å². The zero-order valence-electron chi connectivity index (χ0n) is 7.32. The molecule has 1 fully saturated rings. The third-order valence-corrected chi connectivity index (χ3v) is 2.67. The summed E-state index contributed by atoms with van der Waals surface area (Å²) in [6.45, 7) is 0. The van der Waals surface area contributed by atoms with E-state index in [4.69, 9.17) is 0 Å². The number of benzene rings is 1. The second-order valence-corrected chi connectivity index (χ2v) is 3.73. The van der Waals surface area contributed by atoms with Gasteiger partial charge in [0.2, 0.25) is 0 Å². The molecule has 1 saturated carbocycles. The molecule has 2 rings (SSSR count). The van der Waals surface area contributed by atoms with Crippen molar-refractivity contribution in [2.45, 2.75) is 19.3 Å². The summed E-state index contributed by atoms with van der Waals surface area (Å²) in [6, 6.07) is 9.72. The van der Waals surface area contributed by atoms with Crippen LogP contribution in [0.25, 0.3) is 0 Å². The molecule has 0 aliphatic heterocycles. The van der Waals surface area contributed by atoms with Crippen LogP contribution in [0.3, 0.4) is 0 Å². The fourth-order valence-corrected chi connectivity index (χ4v) is 1.59. The van der Waals surface area contributed by atoms with Gasteiger partial charge in [-0.15, -0.1) is 0 Å². The predicted octanol–water partition coefficient (Wildman–Crippen LogP) is 0.759. The van der Waals surface area contributed by atoms with Gasteiger partial charge in [-0.2, -0.15) is 0 Å². The standard InChI is InChI=1S/C11H12O2/c12-10(13)11(6-7-11)8-9-4-2-1-3-5-9/h1-5H,6-8H2,(H,12,13)/p-1. The van der Waals surface area contributed by atoms with Crippen LogP contribution >= 0.6 is 0 Å². The number of carbonyl (C=O) groups excluding carboxylic acids is 1. The first-order chi connectivity index (χ1) is 6.23. The summed E-state index contributed by atoms with van der Waals surface area (Å²) < 4.78 is 0. The number of carboxylic acid groups (broad SMARTS) is 1. The van der Waals surface area contributed by atoms with E-state index in [0.29, 0.717) is 6.42 Å². The second kappa shape index (κ2) is 2.87. The topological polar surface area (TPSA) is 40.1 Å². The van der Waals surface area contributed by atoms with Gasteiger partial charge in [0.25, 0.3) is 0 Å². The maximum absolute atomic E-state index is 10.8. The molecule has 0 saturated heterocycles. The predicted molar refractivity (Wildman–Crippen MR) is 46.8 cm³/mol. The molecular weight excluding hydrogens is 164 g/mol. The Kier molecular flexibility index (Phi) is 1.83. The molecule has 0 N–H and O–H groups in total. The van der Waals surface area contributed by atoms with Crippen molar-refractivity contribution in [2.24, 2.45) is 5.41 Å². The van der Waals surface area contributed by atoms with Crippen LogP contribution in [-0.4, -0.2) is 5.97 Å². The van der Waals surface area contributed by atoms with E-state index in [1.54, 1.807) is 0 Å².